The Labute approximate surface area is 43.9 Å². The summed E-state index contributed by atoms with van der Waals surface area (Å²) in [6, 6.07) is 0. The van der Waals surface area contributed by atoms with Gasteiger partial charge in [-0.3, -0.25) is 0 Å². The molecule has 4 radical (unpaired) electrons. The predicted octanol–water partition coefficient (Wildman–Crippen LogP) is 0.380. The number of hydrogen-bond donors (Lipinski definition) is 0. The van der Waals surface area contributed by atoms with E-state index in [0.717, 1.165) is 15.7 Å². The van der Waals surface area contributed by atoms with Crippen molar-refractivity contribution in [1.29, 1.82) is 0 Å². The number of rotatable bonds is 3. The van der Waals surface area contributed by atoms with Crippen LogP contribution in [0.3, 0.4) is 0 Å². The van der Waals surface area contributed by atoms with Crippen LogP contribution in [0.1, 0.15) is 0 Å². The minimum absolute atomic E-state index is 0.672. The molecule has 0 rings (SSSR count). The van der Waals surface area contributed by atoms with Crippen molar-refractivity contribution in [3.05, 3.63) is 0 Å². The van der Waals surface area contributed by atoms with Crippen LogP contribution in [0.4, 0.5) is 0 Å². The van der Waals surface area contributed by atoms with Gasteiger partial charge < -0.3 is 4.43 Å². The summed E-state index contributed by atoms with van der Waals surface area (Å²) in [5.74, 6) is 0. The summed E-state index contributed by atoms with van der Waals surface area (Å²) in [4.78, 5) is 0. The van der Waals surface area contributed by atoms with Crippen molar-refractivity contribution in [2.45, 2.75) is 13.1 Å². The van der Waals surface area contributed by atoms with E-state index in [2.05, 4.69) is 6.55 Å². The van der Waals surface area contributed by atoms with Crippen molar-refractivity contribution in [3.8, 4) is 0 Å². The molecule has 0 unspecified atom stereocenters. The molecule has 0 saturated heterocycles. The van der Waals surface area contributed by atoms with Crippen LogP contribution in [-0.4, -0.2) is 25.5 Å². The fraction of sp³-hybridized carbons (Fsp3) is 1.00. The first kappa shape index (κ1) is 6.39. The standard InChI is InChI=1S/C3H8OSi2/c1-5-3-4-6-2/h3H2,1-2H3. The largest absolute Gasteiger partial charge is 0.421 e. The van der Waals surface area contributed by atoms with Gasteiger partial charge in [-0.15, -0.1) is 0 Å². The topological polar surface area (TPSA) is 9.23 Å². The molecule has 0 atom stereocenters. The maximum atomic E-state index is 5.02. The van der Waals surface area contributed by atoms with Gasteiger partial charge in [0.2, 0.25) is 9.76 Å². The second kappa shape index (κ2) is 5.39. The van der Waals surface area contributed by atoms with Gasteiger partial charge in [-0.2, -0.15) is 0 Å². The highest BCUT2D eigenvalue weighted by molar-refractivity contribution is 6.35. The van der Waals surface area contributed by atoms with Crippen LogP contribution < -0.4 is 0 Å². The third-order valence-corrected chi connectivity index (χ3v) is 1.52. The molecule has 0 aromatic rings. The zero-order valence-corrected chi connectivity index (χ0v) is 6.12. The first-order chi connectivity index (χ1) is 2.91. The van der Waals surface area contributed by atoms with Gasteiger partial charge in [0.15, 0.2) is 0 Å². The first-order valence-corrected chi connectivity index (χ1v) is 4.96. The summed E-state index contributed by atoms with van der Waals surface area (Å²) in [5, 5.41) is 0. The summed E-state index contributed by atoms with van der Waals surface area (Å²) >= 11 is 0. The van der Waals surface area contributed by atoms with Crippen molar-refractivity contribution in [3.63, 3.8) is 0 Å². The van der Waals surface area contributed by atoms with Crippen molar-refractivity contribution in [2.24, 2.45) is 0 Å². The van der Waals surface area contributed by atoms with Gasteiger partial charge in [0.25, 0.3) is 0 Å². The molecule has 0 heterocycles. The normalized spacial score (nSPS) is 9.00. The lowest BCUT2D eigenvalue weighted by Crippen LogP contribution is -2.00. The van der Waals surface area contributed by atoms with Gasteiger partial charge >= 0.3 is 0 Å². The molecular formula is C3H8OSi2. The van der Waals surface area contributed by atoms with E-state index in [9.17, 15) is 0 Å². The Kier molecular flexibility index (Phi) is 5.75. The molecule has 0 amide bonds. The van der Waals surface area contributed by atoms with E-state index in [-0.39, 0.29) is 0 Å². The maximum Gasteiger partial charge on any atom is 0.225 e. The molecule has 0 N–H and O–H groups in total. The molecule has 0 aliphatic carbocycles. The van der Waals surface area contributed by atoms with Crippen molar-refractivity contribution in [1.82, 2.24) is 0 Å². The van der Waals surface area contributed by atoms with Crippen LogP contribution in [0, 0.1) is 0 Å². The van der Waals surface area contributed by atoms with Gasteiger partial charge in [-0.05, 0) is 6.55 Å². The fourth-order valence-corrected chi connectivity index (χ4v) is 1.30. The Morgan fingerprint density at radius 2 is 2.17 bits per heavy atom. The molecule has 0 aromatic heterocycles. The molecule has 0 fully saturated rings. The minimum atomic E-state index is 0.672. The van der Waals surface area contributed by atoms with Gasteiger partial charge in [-0.1, -0.05) is 6.55 Å². The van der Waals surface area contributed by atoms with Crippen molar-refractivity contribution < 1.29 is 4.43 Å². The predicted molar refractivity (Wildman–Crippen MR) is 29.2 cm³/mol. The van der Waals surface area contributed by atoms with E-state index in [0.29, 0.717) is 9.76 Å². The van der Waals surface area contributed by atoms with Crippen LogP contribution >= 0.6 is 0 Å². The van der Waals surface area contributed by atoms with E-state index in [1.807, 2.05) is 6.55 Å². The van der Waals surface area contributed by atoms with Crippen LogP contribution in [0.2, 0.25) is 13.1 Å². The fourth-order valence-electron chi connectivity index (χ4n) is 0.144. The lowest BCUT2D eigenvalue weighted by molar-refractivity contribution is 0.413. The van der Waals surface area contributed by atoms with E-state index >= 15 is 0 Å². The average Bonchev–Trinajstić information content (AvgIpc) is 1.61. The smallest absolute Gasteiger partial charge is 0.225 e. The average molecular weight is 116 g/mol. The van der Waals surface area contributed by atoms with E-state index in [4.69, 9.17) is 4.43 Å². The highest BCUT2D eigenvalue weighted by Crippen LogP contribution is 1.63. The Bertz CT molecular complexity index is 20.8. The molecule has 3 heteroatoms. The van der Waals surface area contributed by atoms with E-state index in [1.54, 1.807) is 0 Å². The molecule has 0 saturated carbocycles. The monoisotopic (exact) mass is 116 g/mol. The third-order valence-electron chi connectivity index (χ3n) is 0.361. The van der Waals surface area contributed by atoms with Gasteiger partial charge in [0, 0.05) is 6.23 Å². The lowest BCUT2D eigenvalue weighted by atomic mass is 11.7. The minimum Gasteiger partial charge on any atom is -0.421 e. The van der Waals surface area contributed by atoms with E-state index < -0.39 is 0 Å². The van der Waals surface area contributed by atoms with Crippen LogP contribution in [0.5, 0.6) is 0 Å². The Hall–Kier alpha value is 0.394. The first-order valence-electron chi connectivity index (χ1n) is 1.85. The van der Waals surface area contributed by atoms with Crippen molar-refractivity contribution >= 4 is 19.3 Å². The Morgan fingerprint density at radius 3 is 2.33 bits per heavy atom. The van der Waals surface area contributed by atoms with E-state index in [1.165, 1.54) is 0 Å². The quantitative estimate of drug-likeness (QED) is 0.383. The SMILES string of the molecule is C[Si]CO[Si]C. The molecule has 0 aromatic carbocycles. The Balaban J connectivity index is 2.34. The molecular weight excluding hydrogens is 108 g/mol. The molecule has 1 nitrogen and oxygen atoms in total. The summed E-state index contributed by atoms with van der Waals surface area (Å²) in [6.45, 7) is 4.18. The van der Waals surface area contributed by atoms with Crippen molar-refractivity contribution in [2.75, 3.05) is 6.23 Å². The third kappa shape index (κ3) is 4.39. The highest BCUT2D eigenvalue weighted by atomic mass is 28.2. The molecule has 0 aliphatic heterocycles. The molecule has 0 spiro atoms. The lowest BCUT2D eigenvalue weighted by Gasteiger charge is -1.89. The summed E-state index contributed by atoms with van der Waals surface area (Å²) in [5.41, 5.74) is 0. The summed E-state index contributed by atoms with van der Waals surface area (Å²) in [6.07, 6.45) is 0.953. The van der Waals surface area contributed by atoms with Gasteiger partial charge in [0.1, 0.15) is 0 Å². The van der Waals surface area contributed by atoms with Crippen LogP contribution in [0.15, 0.2) is 0 Å². The summed E-state index contributed by atoms with van der Waals surface area (Å²) in [7, 11) is 1.62. The zero-order chi connectivity index (χ0) is 4.83. The maximum absolute atomic E-state index is 5.02. The van der Waals surface area contributed by atoms with Gasteiger partial charge in [0.05, 0.1) is 9.52 Å². The van der Waals surface area contributed by atoms with Crippen LogP contribution in [-0.2, 0) is 4.43 Å². The van der Waals surface area contributed by atoms with Crippen LogP contribution in [0.25, 0.3) is 0 Å². The summed E-state index contributed by atoms with van der Waals surface area (Å²) < 4.78 is 5.02. The van der Waals surface area contributed by atoms with Gasteiger partial charge in [-0.25, -0.2) is 0 Å². The Morgan fingerprint density at radius 1 is 1.50 bits per heavy atom. The second-order valence-electron chi connectivity index (χ2n) is 0.846. The molecule has 34 valence electrons. The highest BCUT2D eigenvalue weighted by Gasteiger charge is 1.76. The second-order valence-corrected chi connectivity index (χ2v) is 2.54. The molecule has 0 bridgehead atoms. The number of hydrogen-bond acceptors (Lipinski definition) is 1. The molecule has 6 heavy (non-hydrogen) atoms. The zero-order valence-electron chi connectivity index (χ0n) is 4.12. The molecule has 0 aliphatic rings.